The van der Waals surface area contributed by atoms with Gasteiger partial charge in [-0.2, -0.15) is 5.26 Å². The van der Waals surface area contributed by atoms with Gasteiger partial charge in [0.05, 0.1) is 24.6 Å². The highest BCUT2D eigenvalue weighted by molar-refractivity contribution is 6.31. The summed E-state index contributed by atoms with van der Waals surface area (Å²) in [5.41, 5.74) is -0.827. The van der Waals surface area contributed by atoms with E-state index < -0.39 is 17.2 Å². The summed E-state index contributed by atoms with van der Waals surface area (Å²) in [5, 5.41) is 9.52. The predicted octanol–water partition coefficient (Wildman–Crippen LogP) is 4.21. The van der Waals surface area contributed by atoms with Gasteiger partial charge in [-0.15, -0.1) is 0 Å². The van der Waals surface area contributed by atoms with Gasteiger partial charge in [0.1, 0.15) is 5.60 Å². The minimum atomic E-state index is -0.669. The van der Waals surface area contributed by atoms with Crippen LogP contribution in [0.1, 0.15) is 50.4 Å². The van der Waals surface area contributed by atoms with E-state index in [0.29, 0.717) is 23.4 Å². The molecule has 2 rings (SSSR count). The second kappa shape index (κ2) is 6.82. The van der Waals surface area contributed by atoms with Crippen molar-refractivity contribution in [1.82, 2.24) is 4.90 Å². The van der Waals surface area contributed by atoms with Crippen molar-refractivity contribution >= 4 is 23.5 Å². The van der Waals surface area contributed by atoms with Crippen molar-refractivity contribution in [3.63, 3.8) is 0 Å². The number of carbonyl (C=O) groups excluding carboxylic acids is 2. The highest BCUT2D eigenvalue weighted by Gasteiger charge is 2.51. The van der Waals surface area contributed by atoms with Crippen LogP contribution < -0.4 is 0 Å². The normalized spacial score (nSPS) is 15.3. The smallest absolute Gasteiger partial charge is 0.411 e. The molecule has 0 unspecified atom stereocenters. The van der Waals surface area contributed by atoms with Crippen LogP contribution in [-0.2, 0) is 4.74 Å². The molecular weight excluding hydrogens is 328 g/mol. The number of nitriles is 1. The first-order valence-electron chi connectivity index (χ1n) is 7.83. The van der Waals surface area contributed by atoms with E-state index in [1.807, 2.05) is 0 Å². The van der Waals surface area contributed by atoms with Crippen LogP contribution in [0.5, 0.6) is 0 Å². The summed E-state index contributed by atoms with van der Waals surface area (Å²) in [6.07, 6.45) is 1.02. The van der Waals surface area contributed by atoms with Gasteiger partial charge in [0.15, 0.2) is 5.78 Å². The molecule has 0 heterocycles. The quantitative estimate of drug-likeness (QED) is 0.747. The van der Waals surface area contributed by atoms with Gasteiger partial charge in [0.2, 0.25) is 0 Å². The predicted molar refractivity (Wildman–Crippen MR) is 90.9 cm³/mol. The van der Waals surface area contributed by atoms with E-state index in [1.165, 1.54) is 4.90 Å². The zero-order valence-electron chi connectivity index (χ0n) is 14.1. The van der Waals surface area contributed by atoms with Crippen LogP contribution in [0.15, 0.2) is 24.3 Å². The number of ketones is 1. The molecule has 1 fully saturated rings. The largest absolute Gasteiger partial charge is 0.444 e. The van der Waals surface area contributed by atoms with Gasteiger partial charge in [-0.25, -0.2) is 4.79 Å². The van der Waals surface area contributed by atoms with Crippen molar-refractivity contribution < 1.29 is 14.3 Å². The van der Waals surface area contributed by atoms with Crippen molar-refractivity contribution in [3.8, 4) is 6.07 Å². The highest BCUT2D eigenvalue weighted by Crippen LogP contribution is 2.45. The van der Waals surface area contributed by atoms with Crippen molar-refractivity contribution in [1.29, 1.82) is 5.26 Å². The topological polar surface area (TPSA) is 70.4 Å². The van der Waals surface area contributed by atoms with Crippen molar-refractivity contribution in [3.05, 3.63) is 34.9 Å². The van der Waals surface area contributed by atoms with Gasteiger partial charge in [-0.3, -0.25) is 9.69 Å². The van der Waals surface area contributed by atoms with Crippen LogP contribution >= 0.6 is 11.6 Å². The highest BCUT2D eigenvalue weighted by atomic mass is 35.5. The van der Waals surface area contributed by atoms with Crippen LogP contribution in [0.2, 0.25) is 5.02 Å². The SMILES string of the molecule is CC(C)(C)OC(=O)N(CC(=O)c1cccc(Cl)c1)C1(CC#N)CC1. The molecule has 1 amide bonds. The minimum absolute atomic E-state index is 0.128. The van der Waals surface area contributed by atoms with Crippen molar-refractivity contribution in [2.75, 3.05) is 6.54 Å². The zero-order valence-corrected chi connectivity index (χ0v) is 14.9. The Bertz CT molecular complexity index is 684. The molecule has 6 heteroatoms. The first-order chi connectivity index (χ1) is 11.2. The third-order valence-corrected chi connectivity index (χ3v) is 4.11. The number of Topliss-reactive ketones (excluding diaryl/α,β-unsaturated/α-hetero) is 1. The number of amides is 1. The average Bonchev–Trinajstić information content (AvgIpc) is 3.23. The number of hydrogen-bond donors (Lipinski definition) is 0. The molecule has 0 bridgehead atoms. The van der Waals surface area contributed by atoms with Crippen LogP contribution in [0, 0.1) is 11.3 Å². The van der Waals surface area contributed by atoms with Crippen molar-refractivity contribution in [2.45, 2.75) is 51.2 Å². The molecule has 0 saturated heterocycles. The number of benzene rings is 1. The molecule has 1 saturated carbocycles. The van der Waals surface area contributed by atoms with Crippen LogP contribution in [0.3, 0.4) is 0 Å². The van der Waals surface area contributed by atoms with E-state index >= 15 is 0 Å². The summed E-state index contributed by atoms with van der Waals surface area (Å²) in [5.74, 6) is -0.229. The number of nitrogens with zero attached hydrogens (tertiary/aromatic N) is 2. The molecule has 1 aromatic rings. The van der Waals surface area contributed by atoms with Gasteiger partial charge >= 0.3 is 6.09 Å². The average molecular weight is 349 g/mol. The Balaban J connectivity index is 2.22. The molecule has 1 aliphatic rings. The second-order valence-electron chi connectivity index (χ2n) is 7.06. The Hall–Kier alpha value is -2.06. The van der Waals surface area contributed by atoms with Gasteiger partial charge < -0.3 is 4.74 Å². The van der Waals surface area contributed by atoms with Crippen LogP contribution in [-0.4, -0.2) is 34.5 Å². The zero-order chi connectivity index (χ0) is 18.0. The van der Waals surface area contributed by atoms with Gasteiger partial charge in [-0.1, -0.05) is 23.7 Å². The standard InChI is InChI=1S/C18H21ClN2O3/c1-17(2,3)24-16(23)21(18(7-8-18)9-10-20)12-15(22)13-5-4-6-14(19)11-13/h4-6,11H,7-9,12H2,1-3H3. The molecule has 0 spiro atoms. The minimum Gasteiger partial charge on any atom is -0.444 e. The summed E-state index contributed by atoms with van der Waals surface area (Å²) in [4.78, 5) is 26.5. The van der Waals surface area contributed by atoms with E-state index in [-0.39, 0.29) is 18.7 Å². The molecule has 128 valence electrons. The van der Waals surface area contributed by atoms with Gasteiger partial charge in [0, 0.05) is 10.6 Å². The molecule has 0 aliphatic heterocycles. The maximum absolute atomic E-state index is 12.6. The Labute approximate surface area is 147 Å². The van der Waals surface area contributed by atoms with E-state index in [0.717, 1.165) is 0 Å². The molecule has 0 aromatic heterocycles. The van der Waals surface area contributed by atoms with E-state index in [4.69, 9.17) is 21.6 Å². The molecule has 0 N–H and O–H groups in total. The fourth-order valence-electron chi connectivity index (χ4n) is 2.47. The molecule has 0 radical (unpaired) electrons. The van der Waals surface area contributed by atoms with Crippen LogP contribution in [0.25, 0.3) is 0 Å². The molecule has 0 atom stereocenters. The Kier molecular flexibility index (Phi) is 5.19. The lowest BCUT2D eigenvalue weighted by atomic mass is 10.1. The number of halogens is 1. The van der Waals surface area contributed by atoms with E-state index in [2.05, 4.69) is 6.07 Å². The fraction of sp³-hybridized carbons (Fsp3) is 0.500. The van der Waals surface area contributed by atoms with Crippen LogP contribution in [0.4, 0.5) is 4.79 Å². The van der Waals surface area contributed by atoms with Gasteiger partial charge in [-0.05, 0) is 45.7 Å². The third-order valence-electron chi connectivity index (χ3n) is 3.87. The maximum atomic E-state index is 12.6. The second-order valence-corrected chi connectivity index (χ2v) is 7.50. The first-order valence-corrected chi connectivity index (χ1v) is 8.21. The number of carbonyl (C=O) groups is 2. The third kappa shape index (κ3) is 4.48. The monoisotopic (exact) mass is 348 g/mol. The number of ether oxygens (including phenoxy) is 1. The lowest BCUT2D eigenvalue weighted by Gasteiger charge is -2.32. The maximum Gasteiger partial charge on any atom is 0.411 e. The van der Waals surface area contributed by atoms with Crippen molar-refractivity contribution in [2.24, 2.45) is 0 Å². The molecule has 1 aliphatic carbocycles. The summed E-state index contributed by atoms with van der Waals surface area (Å²) in [6.45, 7) is 5.18. The fourth-order valence-corrected chi connectivity index (χ4v) is 2.66. The Morgan fingerprint density at radius 1 is 1.38 bits per heavy atom. The summed E-state index contributed by atoms with van der Waals surface area (Å²) >= 11 is 5.93. The summed E-state index contributed by atoms with van der Waals surface area (Å²) in [6, 6.07) is 8.71. The number of rotatable bonds is 5. The lowest BCUT2D eigenvalue weighted by Crippen LogP contribution is -2.47. The molecule has 5 nitrogen and oxygen atoms in total. The van der Waals surface area contributed by atoms with Gasteiger partial charge in [0.25, 0.3) is 0 Å². The molecule has 24 heavy (non-hydrogen) atoms. The number of hydrogen-bond acceptors (Lipinski definition) is 4. The molecule has 1 aromatic carbocycles. The Morgan fingerprint density at radius 3 is 2.54 bits per heavy atom. The van der Waals surface area contributed by atoms with E-state index in [9.17, 15) is 9.59 Å². The van der Waals surface area contributed by atoms with E-state index in [1.54, 1.807) is 45.0 Å². The molecular formula is C18H21ClN2O3. The summed E-state index contributed by atoms with van der Waals surface area (Å²) in [7, 11) is 0. The Morgan fingerprint density at radius 2 is 2.04 bits per heavy atom. The lowest BCUT2D eigenvalue weighted by molar-refractivity contribution is 0.0135. The summed E-state index contributed by atoms with van der Waals surface area (Å²) < 4.78 is 5.43. The first kappa shape index (κ1) is 18.3.